The lowest BCUT2D eigenvalue weighted by Gasteiger charge is -2.21. The molecule has 176 valence electrons. The minimum atomic E-state index is 0.132. The van der Waals surface area contributed by atoms with E-state index in [1.165, 1.54) is 65.7 Å². The molecule has 6 aromatic rings. The van der Waals surface area contributed by atoms with E-state index in [0.29, 0.717) is 0 Å². The van der Waals surface area contributed by atoms with Crippen LogP contribution in [-0.4, -0.2) is 0 Å². The number of hydrogen-bond donors (Lipinski definition) is 0. The first-order valence-electron chi connectivity index (χ1n) is 13.0. The van der Waals surface area contributed by atoms with Gasteiger partial charge in [0.15, 0.2) is 0 Å². The molecule has 0 aliphatic rings. The summed E-state index contributed by atoms with van der Waals surface area (Å²) in [7, 11) is 0. The van der Waals surface area contributed by atoms with Crippen molar-refractivity contribution in [3.05, 3.63) is 120 Å². The zero-order chi connectivity index (χ0) is 24.9. The van der Waals surface area contributed by atoms with Gasteiger partial charge in [0, 0.05) is 0 Å². The fourth-order valence-electron chi connectivity index (χ4n) is 5.53. The fraction of sp³-hybridized carbons (Fsp3) is 0.167. The lowest BCUT2D eigenvalue weighted by molar-refractivity contribution is 0.590. The van der Waals surface area contributed by atoms with Crippen LogP contribution in [0.5, 0.6) is 0 Å². The summed E-state index contributed by atoms with van der Waals surface area (Å²) in [5, 5.41) is 7.79. The molecule has 36 heavy (non-hydrogen) atoms. The van der Waals surface area contributed by atoms with Gasteiger partial charge in [0.25, 0.3) is 0 Å². The van der Waals surface area contributed by atoms with E-state index in [0.717, 1.165) is 6.42 Å². The lowest BCUT2D eigenvalue weighted by atomic mass is 9.83. The van der Waals surface area contributed by atoms with Crippen molar-refractivity contribution < 1.29 is 0 Å². The Kier molecular flexibility index (Phi) is 5.41. The summed E-state index contributed by atoms with van der Waals surface area (Å²) in [5.74, 6) is 0. The zero-order valence-electron chi connectivity index (χ0n) is 21.6. The smallest absolute Gasteiger partial charge is 0.00261 e. The van der Waals surface area contributed by atoms with Crippen molar-refractivity contribution in [2.45, 2.75) is 39.5 Å². The number of benzene rings is 6. The highest BCUT2D eigenvalue weighted by Crippen LogP contribution is 2.45. The number of hydrogen-bond acceptors (Lipinski definition) is 0. The first-order valence-corrected chi connectivity index (χ1v) is 13.0. The number of rotatable bonds is 3. The number of fused-ring (bicyclic) bond motifs is 3. The highest BCUT2D eigenvalue weighted by atomic mass is 14.2. The van der Waals surface area contributed by atoms with Gasteiger partial charge in [0.05, 0.1) is 0 Å². The first-order chi connectivity index (χ1) is 17.4. The van der Waals surface area contributed by atoms with Gasteiger partial charge in [-0.25, -0.2) is 0 Å². The van der Waals surface area contributed by atoms with Crippen LogP contribution in [0.25, 0.3) is 54.6 Å². The highest BCUT2D eigenvalue weighted by Gasteiger charge is 2.19. The molecule has 0 bridgehead atoms. The quantitative estimate of drug-likeness (QED) is 0.228. The van der Waals surface area contributed by atoms with Crippen LogP contribution in [0.3, 0.4) is 0 Å². The Hall–Kier alpha value is -3.90. The van der Waals surface area contributed by atoms with Gasteiger partial charge in [-0.1, -0.05) is 125 Å². The van der Waals surface area contributed by atoms with Crippen LogP contribution in [0.1, 0.15) is 38.8 Å². The van der Waals surface area contributed by atoms with Gasteiger partial charge in [0.2, 0.25) is 0 Å². The molecule has 0 amide bonds. The predicted molar refractivity (Wildman–Crippen MR) is 158 cm³/mol. The van der Waals surface area contributed by atoms with E-state index < -0.39 is 0 Å². The summed E-state index contributed by atoms with van der Waals surface area (Å²) < 4.78 is 0. The minimum absolute atomic E-state index is 0.132. The molecule has 0 saturated carbocycles. The minimum Gasteiger partial charge on any atom is -0.0616 e. The normalized spacial score (nSPS) is 12.0. The average molecular weight is 465 g/mol. The molecule has 0 aliphatic carbocycles. The van der Waals surface area contributed by atoms with Gasteiger partial charge in [0.1, 0.15) is 0 Å². The summed E-state index contributed by atoms with van der Waals surface area (Å²) in [6.07, 6.45) is 1.05. The van der Waals surface area contributed by atoms with Crippen LogP contribution < -0.4 is 0 Å². The third-order valence-electron chi connectivity index (χ3n) is 7.58. The largest absolute Gasteiger partial charge is 0.0616 e. The Balaban J connectivity index is 1.75. The summed E-state index contributed by atoms with van der Waals surface area (Å²) >= 11 is 0. The van der Waals surface area contributed by atoms with Crippen LogP contribution in [0.2, 0.25) is 0 Å². The molecule has 0 N–H and O–H groups in total. The van der Waals surface area contributed by atoms with Crippen molar-refractivity contribution in [1.82, 2.24) is 0 Å². The van der Waals surface area contributed by atoms with E-state index in [1.54, 1.807) is 0 Å². The Morgan fingerprint density at radius 3 is 1.39 bits per heavy atom. The lowest BCUT2D eigenvalue weighted by Crippen LogP contribution is -2.10. The van der Waals surface area contributed by atoms with E-state index in [2.05, 4.69) is 137 Å². The summed E-state index contributed by atoms with van der Waals surface area (Å²) in [4.78, 5) is 0. The van der Waals surface area contributed by atoms with Crippen molar-refractivity contribution in [2.24, 2.45) is 0 Å². The van der Waals surface area contributed by atoms with Gasteiger partial charge in [-0.3, -0.25) is 0 Å². The van der Waals surface area contributed by atoms with Crippen molar-refractivity contribution >= 4 is 32.3 Å². The monoisotopic (exact) mass is 464 g/mol. The molecular weight excluding hydrogens is 432 g/mol. The molecule has 0 heteroatoms. The van der Waals surface area contributed by atoms with Gasteiger partial charge < -0.3 is 0 Å². The predicted octanol–water partition coefficient (Wildman–Crippen LogP) is 10.3. The molecular formula is C36H32. The maximum atomic E-state index is 2.40. The Bertz CT molecular complexity index is 1710. The molecule has 0 heterocycles. The molecule has 6 rings (SSSR count). The molecule has 0 atom stereocenters. The second-order valence-corrected chi connectivity index (χ2v) is 10.9. The van der Waals surface area contributed by atoms with Crippen molar-refractivity contribution in [3.63, 3.8) is 0 Å². The standard InChI is InChI=1S/C36H32/c1-5-24-14-16-25(17-15-24)34-30-12-8-9-13-31(30)35(26-18-20-29(21-19-26)36(2,3)4)33-23-28-11-7-6-10-27(28)22-32(33)34/h6-23H,5H2,1-4H3. The van der Waals surface area contributed by atoms with Crippen LogP contribution in [-0.2, 0) is 11.8 Å². The van der Waals surface area contributed by atoms with Crippen molar-refractivity contribution in [3.8, 4) is 22.3 Å². The molecule has 0 unspecified atom stereocenters. The van der Waals surface area contributed by atoms with Gasteiger partial charge in [-0.15, -0.1) is 0 Å². The maximum Gasteiger partial charge on any atom is -0.00261 e. The molecule has 0 aliphatic heterocycles. The average Bonchev–Trinajstić information content (AvgIpc) is 2.90. The Morgan fingerprint density at radius 1 is 0.500 bits per heavy atom. The van der Waals surface area contributed by atoms with Gasteiger partial charge in [-0.2, -0.15) is 0 Å². The summed E-state index contributed by atoms with van der Waals surface area (Å²) in [6.45, 7) is 9.04. The van der Waals surface area contributed by atoms with Crippen LogP contribution in [0, 0.1) is 0 Å². The first kappa shape index (κ1) is 22.6. The Morgan fingerprint density at radius 2 is 0.944 bits per heavy atom. The SMILES string of the molecule is CCc1ccc(-c2c3ccccc3c(-c3ccc(C(C)(C)C)cc3)c3cc4ccccc4cc23)cc1. The van der Waals surface area contributed by atoms with Gasteiger partial charge >= 0.3 is 0 Å². The molecule has 0 nitrogen and oxygen atoms in total. The zero-order valence-corrected chi connectivity index (χ0v) is 21.6. The topological polar surface area (TPSA) is 0 Å². The fourth-order valence-corrected chi connectivity index (χ4v) is 5.53. The molecule has 0 fully saturated rings. The van der Waals surface area contributed by atoms with Crippen LogP contribution in [0.4, 0.5) is 0 Å². The van der Waals surface area contributed by atoms with E-state index in [9.17, 15) is 0 Å². The Labute approximate surface area is 214 Å². The molecule has 0 saturated heterocycles. The second kappa shape index (κ2) is 8.64. The van der Waals surface area contributed by atoms with E-state index in [4.69, 9.17) is 0 Å². The molecule has 0 spiro atoms. The van der Waals surface area contributed by atoms with Crippen LogP contribution >= 0.6 is 0 Å². The third-order valence-corrected chi connectivity index (χ3v) is 7.58. The molecule has 0 aromatic heterocycles. The second-order valence-electron chi connectivity index (χ2n) is 10.9. The summed E-state index contributed by atoms with van der Waals surface area (Å²) in [6, 6.07) is 40.8. The van der Waals surface area contributed by atoms with Crippen LogP contribution in [0.15, 0.2) is 109 Å². The highest BCUT2D eigenvalue weighted by molar-refractivity contribution is 6.23. The van der Waals surface area contributed by atoms with Gasteiger partial charge in [-0.05, 0) is 89.7 Å². The maximum absolute atomic E-state index is 2.40. The van der Waals surface area contributed by atoms with E-state index in [1.807, 2.05) is 0 Å². The van der Waals surface area contributed by atoms with Crippen molar-refractivity contribution in [1.29, 1.82) is 0 Å². The third kappa shape index (κ3) is 3.78. The van der Waals surface area contributed by atoms with Crippen molar-refractivity contribution in [2.75, 3.05) is 0 Å². The molecule has 0 radical (unpaired) electrons. The van der Waals surface area contributed by atoms with E-state index >= 15 is 0 Å². The molecule has 6 aromatic carbocycles. The summed E-state index contributed by atoms with van der Waals surface area (Å²) in [5.41, 5.74) is 8.05. The number of aryl methyl sites for hydroxylation is 1. The van der Waals surface area contributed by atoms with E-state index in [-0.39, 0.29) is 5.41 Å².